The quantitative estimate of drug-likeness (QED) is 0.217. The Morgan fingerprint density at radius 2 is 1.29 bits per heavy atom. The summed E-state index contributed by atoms with van der Waals surface area (Å²) in [6, 6.07) is 22.8. The van der Waals surface area contributed by atoms with Crippen molar-refractivity contribution in [3.63, 3.8) is 0 Å². The normalized spacial score (nSPS) is 11.6. The van der Waals surface area contributed by atoms with Crippen molar-refractivity contribution in [2.45, 2.75) is 13.8 Å². The van der Waals surface area contributed by atoms with Gasteiger partial charge in [-0.25, -0.2) is 9.97 Å². The molecule has 6 aromatic rings. The number of nitrogens with zero attached hydrogens (tertiary/aromatic N) is 4. The summed E-state index contributed by atoms with van der Waals surface area (Å²) in [6.45, 7) is 3.70. The highest BCUT2D eigenvalue weighted by atomic mass is 79.9. The molecule has 0 amide bonds. The SMILES string of the molecule is Cc1nc2sc(Br)cc2c(=O)n1-c1ccccc1.Cc1nc2sccc2c(=O)n1-c1ccccc1.[2HH].[2H][2H].[2H][2H].[2H][2H]. The van der Waals surface area contributed by atoms with Gasteiger partial charge in [-0.05, 0) is 71.6 Å². The number of halogens is 1. The number of benzene rings is 2. The Kier molecular flexibility index (Phi) is 5.50. The van der Waals surface area contributed by atoms with Crippen molar-refractivity contribution in [3.05, 3.63) is 114 Å². The zero-order valence-corrected chi connectivity index (χ0v) is 22.0. The average molecular weight is 579 g/mol. The maximum absolute atomic E-state index is 12.5. The summed E-state index contributed by atoms with van der Waals surface area (Å²) >= 11 is 6.37. The van der Waals surface area contributed by atoms with Crippen molar-refractivity contribution in [3.8, 4) is 11.4 Å². The Morgan fingerprint density at radius 1 is 0.771 bits per heavy atom. The summed E-state index contributed by atoms with van der Waals surface area (Å²) < 4.78 is 34.2. The molecule has 9 heteroatoms. The van der Waals surface area contributed by atoms with E-state index in [4.69, 9.17) is 8.91 Å². The van der Waals surface area contributed by atoms with Gasteiger partial charge >= 0.3 is 0 Å². The summed E-state index contributed by atoms with van der Waals surface area (Å²) in [7, 11) is 0. The van der Waals surface area contributed by atoms with Crippen LogP contribution >= 0.6 is 38.6 Å². The zero-order chi connectivity index (χ0) is 30.5. The minimum Gasteiger partial charge on any atom is -0.268 e. The summed E-state index contributed by atoms with van der Waals surface area (Å²) in [6.07, 6.45) is 0. The van der Waals surface area contributed by atoms with Crippen LogP contribution < -0.4 is 11.1 Å². The first-order valence-corrected chi connectivity index (χ1v) is 13.2. The standard InChI is InChI=1S/C13H9BrN2OS.C13H10N2OS.4H2/c1-8-15-12-10(7-11(14)18-12)13(17)16(8)9-5-3-2-4-6-9;1-9-14-12-11(7-8-17-12)13(16)15(9)10-5-3-2-4-6-10;;;;/h2-7H,1H3;2-8H,1H3;4*1H/i;;3*1+1D;1+1. The molecule has 0 aliphatic carbocycles. The number of fused-ring (bicyclic) bond motifs is 2. The molecule has 0 bridgehead atoms. The highest BCUT2D eigenvalue weighted by molar-refractivity contribution is 9.11. The Labute approximate surface area is 227 Å². The average Bonchev–Trinajstić information content (AvgIpc) is 3.64. The first-order chi connectivity index (χ1) is 19.9. The van der Waals surface area contributed by atoms with Crippen LogP contribution in [0.2, 0.25) is 0 Å². The fraction of sp³-hybridized carbons (Fsp3) is 0.0769. The molecule has 0 radical (unpaired) electrons. The molecule has 182 valence electrons. The van der Waals surface area contributed by atoms with Crippen LogP contribution in [0, 0.1) is 13.8 Å². The van der Waals surface area contributed by atoms with Crippen LogP contribution in [0.1, 0.15) is 22.0 Å². The van der Waals surface area contributed by atoms with E-state index in [9.17, 15) is 9.59 Å². The van der Waals surface area contributed by atoms with Crippen LogP contribution in [0.15, 0.2) is 91.6 Å². The molecular formula is C26H27BrN4O2S2. The van der Waals surface area contributed by atoms with Crippen molar-refractivity contribution in [1.82, 2.24) is 19.1 Å². The van der Waals surface area contributed by atoms with E-state index in [1.54, 1.807) is 9.13 Å². The second kappa shape index (κ2) is 9.69. The Balaban J connectivity index is 0.000000350. The molecule has 0 fully saturated rings. The van der Waals surface area contributed by atoms with Gasteiger partial charge in [0.05, 0.1) is 25.9 Å². The second-order valence-corrected chi connectivity index (χ2v) is 11.0. The molecule has 4 aromatic heterocycles. The Morgan fingerprint density at radius 3 is 1.86 bits per heavy atom. The molecule has 0 N–H and O–H groups in total. The molecule has 6 nitrogen and oxygen atoms in total. The lowest BCUT2D eigenvalue weighted by molar-refractivity contribution is 0.897. The van der Waals surface area contributed by atoms with Crippen LogP contribution in [0.5, 0.6) is 0 Å². The molecule has 0 aliphatic rings. The predicted octanol–water partition coefficient (Wildman–Crippen LogP) is 7.26. The molecule has 0 saturated carbocycles. The van der Waals surface area contributed by atoms with Gasteiger partial charge in [-0.2, -0.15) is 0 Å². The van der Waals surface area contributed by atoms with Crippen molar-refractivity contribution in [2.24, 2.45) is 0 Å². The molecular weight excluding hydrogens is 544 g/mol. The van der Waals surface area contributed by atoms with Gasteiger partial charge in [-0.15, -0.1) is 22.7 Å². The lowest BCUT2D eigenvalue weighted by Gasteiger charge is -2.08. The third kappa shape index (κ3) is 4.50. The van der Waals surface area contributed by atoms with Gasteiger partial charge in [0.2, 0.25) is 0 Å². The van der Waals surface area contributed by atoms with Crippen LogP contribution in [0.4, 0.5) is 0 Å². The van der Waals surface area contributed by atoms with Crippen LogP contribution in [-0.2, 0) is 0 Å². The zero-order valence-electron chi connectivity index (χ0n) is 24.8. The van der Waals surface area contributed by atoms with E-state index in [0.717, 1.165) is 30.6 Å². The van der Waals surface area contributed by atoms with E-state index < -0.39 is 0 Å². The van der Waals surface area contributed by atoms with E-state index in [0.29, 0.717) is 16.6 Å². The first kappa shape index (κ1) is 19.9. The van der Waals surface area contributed by atoms with Gasteiger partial charge in [0.15, 0.2) is 0 Å². The number of aryl methyl sites for hydroxylation is 2. The summed E-state index contributed by atoms with van der Waals surface area (Å²) in [5.41, 5.74) is 1.68. The van der Waals surface area contributed by atoms with Crippen LogP contribution in [0.3, 0.4) is 0 Å². The van der Waals surface area contributed by atoms with Crippen LogP contribution in [-0.4, -0.2) is 19.1 Å². The van der Waals surface area contributed by atoms with Gasteiger partial charge in [-0.1, -0.05) is 36.4 Å². The minimum atomic E-state index is -0.0225. The highest BCUT2D eigenvalue weighted by Crippen LogP contribution is 2.26. The van der Waals surface area contributed by atoms with Crippen LogP contribution in [0.25, 0.3) is 31.8 Å². The smallest absolute Gasteiger partial charge is 0.266 e. The lowest BCUT2D eigenvalue weighted by Crippen LogP contribution is -2.21. The topological polar surface area (TPSA) is 69.8 Å². The van der Waals surface area contributed by atoms with E-state index in [-0.39, 0.29) is 12.5 Å². The number of para-hydroxylation sites is 2. The van der Waals surface area contributed by atoms with Crippen molar-refractivity contribution in [2.75, 3.05) is 0 Å². The molecule has 6 rings (SSSR count). The third-order valence-corrected chi connectivity index (χ3v) is 7.74. The van der Waals surface area contributed by atoms with Gasteiger partial charge in [0, 0.05) is 10.3 Å². The molecule has 0 saturated heterocycles. The second-order valence-electron chi connectivity index (χ2n) is 7.68. The van der Waals surface area contributed by atoms with Crippen molar-refractivity contribution in [1.29, 1.82) is 0 Å². The van der Waals surface area contributed by atoms with E-state index in [1.807, 2.05) is 92.0 Å². The van der Waals surface area contributed by atoms with E-state index in [1.165, 1.54) is 22.7 Å². The fourth-order valence-corrected chi connectivity index (χ4v) is 6.11. The number of hydrogen-bond donors (Lipinski definition) is 0. The van der Waals surface area contributed by atoms with E-state index >= 15 is 0 Å². The van der Waals surface area contributed by atoms with Crippen molar-refractivity contribution >= 4 is 59.0 Å². The summed E-state index contributed by atoms with van der Waals surface area (Å²) in [5.74, 6) is 1.42. The fourth-order valence-electron chi connectivity index (χ4n) is 3.83. The van der Waals surface area contributed by atoms with Gasteiger partial charge in [0.25, 0.3) is 11.1 Å². The summed E-state index contributed by atoms with van der Waals surface area (Å²) in [5, 5.41) is 3.24. The lowest BCUT2D eigenvalue weighted by atomic mass is 10.3. The molecule has 0 unspecified atom stereocenters. The number of thiophene rings is 2. The molecule has 0 atom stereocenters. The molecule has 0 aliphatic heterocycles. The first-order valence-electron chi connectivity index (χ1n) is 13.7. The van der Waals surface area contributed by atoms with Gasteiger partial charge in [0.1, 0.15) is 21.3 Å². The number of aromatic nitrogens is 4. The number of rotatable bonds is 2. The monoisotopic (exact) mass is 577 g/mol. The van der Waals surface area contributed by atoms with Crippen molar-refractivity contribution < 1.29 is 10.3 Å². The third-order valence-electron chi connectivity index (χ3n) is 5.40. The highest BCUT2D eigenvalue weighted by Gasteiger charge is 2.12. The number of hydrogen-bond acceptors (Lipinski definition) is 6. The maximum Gasteiger partial charge on any atom is 0.266 e. The minimum absolute atomic E-state index is 0. The maximum atomic E-state index is 12.5. The van der Waals surface area contributed by atoms with Gasteiger partial charge < -0.3 is 0 Å². The van der Waals surface area contributed by atoms with E-state index in [2.05, 4.69) is 25.9 Å². The molecule has 0 spiro atoms. The largest absolute Gasteiger partial charge is 0.268 e. The molecule has 35 heavy (non-hydrogen) atoms. The summed E-state index contributed by atoms with van der Waals surface area (Å²) in [4.78, 5) is 35.3. The molecule has 2 aromatic carbocycles. The van der Waals surface area contributed by atoms with Gasteiger partial charge in [-0.3, -0.25) is 18.7 Å². The Bertz CT molecular complexity index is 1800. The molecule has 4 heterocycles. The Hall–Kier alpha value is -3.40. The predicted molar refractivity (Wildman–Crippen MR) is 156 cm³/mol.